The predicted molar refractivity (Wildman–Crippen MR) is 48.8 cm³/mol. The minimum atomic E-state index is 0.374. The SMILES string of the molecule is CC1=CCC(C2(C)CC2)CC1=O. The predicted octanol–water partition coefficient (Wildman–Crippen LogP) is 2.71. The van der Waals surface area contributed by atoms with Gasteiger partial charge < -0.3 is 0 Å². The molecular formula is C11H16O. The van der Waals surface area contributed by atoms with E-state index in [1.54, 1.807) is 0 Å². The molecule has 0 aliphatic heterocycles. The maximum Gasteiger partial charge on any atom is 0.158 e. The molecule has 1 atom stereocenters. The second-order valence-corrected chi connectivity index (χ2v) is 4.60. The van der Waals surface area contributed by atoms with Crippen LogP contribution in [0, 0.1) is 11.3 Å². The van der Waals surface area contributed by atoms with Crippen molar-refractivity contribution in [3.63, 3.8) is 0 Å². The van der Waals surface area contributed by atoms with Gasteiger partial charge in [0.2, 0.25) is 0 Å². The Labute approximate surface area is 73.8 Å². The van der Waals surface area contributed by atoms with Gasteiger partial charge in [0.1, 0.15) is 0 Å². The molecule has 0 bridgehead atoms. The van der Waals surface area contributed by atoms with Crippen LogP contribution < -0.4 is 0 Å². The van der Waals surface area contributed by atoms with Gasteiger partial charge in [-0.25, -0.2) is 0 Å². The molecule has 0 radical (unpaired) electrons. The molecule has 1 unspecified atom stereocenters. The van der Waals surface area contributed by atoms with Gasteiger partial charge in [0, 0.05) is 6.42 Å². The van der Waals surface area contributed by atoms with Gasteiger partial charge >= 0.3 is 0 Å². The second kappa shape index (κ2) is 2.45. The van der Waals surface area contributed by atoms with Crippen molar-refractivity contribution in [3.05, 3.63) is 11.6 Å². The summed E-state index contributed by atoms with van der Waals surface area (Å²) >= 11 is 0. The van der Waals surface area contributed by atoms with Crippen molar-refractivity contribution in [1.82, 2.24) is 0 Å². The van der Waals surface area contributed by atoms with E-state index in [1.807, 2.05) is 6.92 Å². The van der Waals surface area contributed by atoms with Gasteiger partial charge in [-0.15, -0.1) is 0 Å². The molecule has 1 saturated carbocycles. The number of rotatable bonds is 1. The molecule has 66 valence electrons. The number of carbonyl (C=O) groups is 1. The first-order chi connectivity index (χ1) is 5.62. The number of Topliss-reactive ketones (excluding diaryl/α,β-unsaturated/α-hetero) is 1. The van der Waals surface area contributed by atoms with Crippen molar-refractivity contribution in [2.45, 2.75) is 39.5 Å². The van der Waals surface area contributed by atoms with Gasteiger partial charge in [-0.3, -0.25) is 4.79 Å². The van der Waals surface area contributed by atoms with Crippen LogP contribution in [0.3, 0.4) is 0 Å². The number of carbonyl (C=O) groups excluding carboxylic acids is 1. The summed E-state index contributed by atoms with van der Waals surface area (Å²) in [5.41, 5.74) is 1.50. The van der Waals surface area contributed by atoms with E-state index in [9.17, 15) is 4.79 Å². The molecule has 1 heteroatoms. The zero-order valence-electron chi connectivity index (χ0n) is 7.89. The molecule has 2 aliphatic carbocycles. The molecule has 0 amide bonds. The third-order valence-corrected chi connectivity index (χ3v) is 3.60. The smallest absolute Gasteiger partial charge is 0.158 e. The Morgan fingerprint density at radius 1 is 1.50 bits per heavy atom. The normalized spacial score (nSPS) is 33.0. The van der Waals surface area contributed by atoms with Crippen molar-refractivity contribution in [3.8, 4) is 0 Å². The van der Waals surface area contributed by atoms with E-state index in [0.29, 0.717) is 17.1 Å². The van der Waals surface area contributed by atoms with E-state index in [0.717, 1.165) is 18.4 Å². The lowest BCUT2D eigenvalue weighted by Crippen LogP contribution is -2.21. The highest BCUT2D eigenvalue weighted by Gasteiger charge is 2.45. The monoisotopic (exact) mass is 164 g/mol. The molecule has 2 aliphatic rings. The van der Waals surface area contributed by atoms with Crippen LogP contribution in [0.2, 0.25) is 0 Å². The second-order valence-electron chi connectivity index (χ2n) is 4.60. The third kappa shape index (κ3) is 1.21. The van der Waals surface area contributed by atoms with Crippen molar-refractivity contribution in [2.75, 3.05) is 0 Å². The van der Waals surface area contributed by atoms with E-state index < -0.39 is 0 Å². The van der Waals surface area contributed by atoms with Crippen LogP contribution in [-0.2, 0) is 4.79 Å². The van der Waals surface area contributed by atoms with Gasteiger partial charge in [0.25, 0.3) is 0 Å². The minimum absolute atomic E-state index is 0.374. The van der Waals surface area contributed by atoms with E-state index in [2.05, 4.69) is 13.0 Å². The summed E-state index contributed by atoms with van der Waals surface area (Å²) in [6, 6.07) is 0. The number of hydrogen-bond acceptors (Lipinski definition) is 1. The Bertz CT molecular complexity index is 246. The lowest BCUT2D eigenvalue weighted by Gasteiger charge is -2.25. The quantitative estimate of drug-likeness (QED) is 0.582. The Hall–Kier alpha value is -0.590. The standard InChI is InChI=1S/C11H16O/c1-8-3-4-9(7-10(8)12)11(2)5-6-11/h3,9H,4-7H2,1-2H3. The summed E-state index contributed by atoms with van der Waals surface area (Å²) in [6.45, 7) is 4.26. The Kier molecular flexibility index (Phi) is 1.64. The lowest BCUT2D eigenvalue weighted by molar-refractivity contribution is -0.117. The zero-order chi connectivity index (χ0) is 8.77. The maximum absolute atomic E-state index is 11.4. The van der Waals surface area contributed by atoms with Crippen LogP contribution in [0.1, 0.15) is 39.5 Å². The zero-order valence-corrected chi connectivity index (χ0v) is 7.89. The first kappa shape index (κ1) is 8.03. The van der Waals surface area contributed by atoms with Crippen LogP contribution in [0.5, 0.6) is 0 Å². The summed E-state index contributed by atoms with van der Waals surface area (Å²) in [6.07, 6.45) is 6.72. The highest BCUT2D eigenvalue weighted by Crippen LogP contribution is 2.55. The van der Waals surface area contributed by atoms with Gasteiger partial charge in [-0.1, -0.05) is 13.0 Å². The summed E-state index contributed by atoms with van der Waals surface area (Å²) in [7, 11) is 0. The highest BCUT2D eigenvalue weighted by atomic mass is 16.1. The summed E-state index contributed by atoms with van der Waals surface area (Å²) < 4.78 is 0. The molecule has 0 aromatic carbocycles. The molecule has 0 aromatic rings. The number of ketones is 1. The Balaban J connectivity index is 2.09. The molecule has 1 nitrogen and oxygen atoms in total. The topological polar surface area (TPSA) is 17.1 Å². The van der Waals surface area contributed by atoms with Crippen LogP contribution >= 0.6 is 0 Å². The third-order valence-electron chi connectivity index (χ3n) is 3.60. The molecular weight excluding hydrogens is 148 g/mol. The van der Waals surface area contributed by atoms with E-state index >= 15 is 0 Å². The fourth-order valence-electron chi connectivity index (χ4n) is 2.04. The molecule has 0 heterocycles. The van der Waals surface area contributed by atoms with Crippen LogP contribution in [-0.4, -0.2) is 5.78 Å². The summed E-state index contributed by atoms with van der Waals surface area (Å²) in [5, 5.41) is 0. The molecule has 2 rings (SSSR count). The first-order valence-corrected chi connectivity index (χ1v) is 4.82. The van der Waals surface area contributed by atoms with E-state index in [-0.39, 0.29) is 0 Å². The van der Waals surface area contributed by atoms with Crippen molar-refractivity contribution in [1.29, 1.82) is 0 Å². The molecule has 0 saturated heterocycles. The van der Waals surface area contributed by atoms with Gasteiger partial charge in [0.05, 0.1) is 0 Å². The lowest BCUT2D eigenvalue weighted by atomic mass is 9.79. The first-order valence-electron chi connectivity index (χ1n) is 4.82. The van der Waals surface area contributed by atoms with Gasteiger partial charge in [-0.05, 0) is 43.1 Å². The van der Waals surface area contributed by atoms with Crippen LogP contribution in [0.25, 0.3) is 0 Å². The van der Waals surface area contributed by atoms with E-state index in [4.69, 9.17) is 0 Å². The molecule has 0 N–H and O–H groups in total. The molecule has 0 aromatic heterocycles. The largest absolute Gasteiger partial charge is 0.295 e. The average molecular weight is 164 g/mol. The van der Waals surface area contributed by atoms with E-state index in [1.165, 1.54) is 12.8 Å². The molecule has 12 heavy (non-hydrogen) atoms. The van der Waals surface area contributed by atoms with Crippen molar-refractivity contribution >= 4 is 5.78 Å². The molecule has 0 spiro atoms. The Morgan fingerprint density at radius 3 is 2.67 bits per heavy atom. The van der Waals surface area contributed by atoms with Gasteiger partial charge in [-0.2, -0.15) is 0 Å². The maximum atomic E-state index is 11.4. The molecule has 1 fully saturated rings. The van der Waals surface area contributed by atoms with Crippen LogP contribution in [0.15, 0.2) is 11.6 Å². The Morgan fingerprint density at radius 2 is 2.17 bits per heavy atom. The average Bonchev–Trinajstić information content (AvgIpc) is 2.75. The van der Waals surface area contributed by atoms with Crippen LogP contribution in [0.4, 0.5) is 0 Å². The fourth-order valence-corrected chi connectivity index (χ4v) is 2.04. The highest BCUT2D eigenvalue weighted by molar-refractivity contribution is 5.95. The van der Waals surface area contributed by atoms with Crippen molar-refractivity contribution in [2.24, 2.45) is 11.3 Å². The minimum Gasteiger partial charge on any atom is -0.295 e. The van der Waals surface area contributed by atoms with Crippen molar-refractivity contribution < 1.29 is 4.79 Å². The van der Waals surface area contributed by atoms with Gasteiger partial charge in [0.15, 0.2) is 5.78 Å². The summed E-state index contributed by atoms with van der Waals surface area (Å²) in [5.74, 6) is 1.02. The fraction of sp³-hybridized carbons (Fsp3) is 0.727. The summed E-state index contributed by atoms with van der Waals surface area (Å²) in [4.78, 5) is 11.4. The number of hydrogen-bond donors (Lipinski definition) is 0. The number of allylic oxidation sites excluding steroid dienone is 2.